The van der Waals surface area contributed by atoms with Gasteiger partial charge in [0.2, 0.25) is 0 Å². The fourth-order valence-corrected chi connectivity index (χ4v) is 5.16. The largest absolute Gasteiger partial charge is 0.418 e. The van der Waals surface area contributed by atoms with E-state index in [1.165, 1.54) is 4.90 Å². The summed E-state index contributed by atoms with van der Waals surface area (Å²) in [7, 11) is -2.69. The molecule has 0 aromatic rings. The van der Waals surface area contributed by atoms with Crippen molar-refractivity contribution in [2.75, 3.05) is 52.9 Å². The van der Waals surface area contributed by atoms with Crippen molar-refractivity contribution in [3.8, 4) is 0 Å². The summed E-state index contributed by atoms with van der Waals surface area (Å²) in [4.78, 5) is 36.4. The molecular weight excluding hydrogens is 432 g/mol. The maximum Gasteiger partial charge on any atom is 0.418 e. The van der Waals surface area contributed by atoms with Crippen molar-refractivity contribution in [2.24, 2.45) is 0 Å². The van der Waals surface area contributed by atoms with Gasteiger partial charge in [-0.25, -0.2) is 10.3 Å². The van der Waals surface area contributed by atoms with E-state index in [-0.39, 0.29) is 12.6 Å². The number of fused-ring (bicyclic) bond motifs is 2. The molecular formula is C17H30N6O7S. The first kappa shape index (κ1) is 22.6. The molecule has 31 heavy (non-hydrogen) atoms. The lowest BCUT2D eigenvalue weighted by Crippen LogP contribution is -2.50. The number of hydroxylamine groups is 3. The Morgan fingerprint density at radius 1 is 1.23 bits per heavy atom. The number of rotatable bonds is 7. The molecule has 4 rings (SSSR count). The van der Waals surface area contributed by atoms with Gasteiger partial charge in [-0.2, -0.15) is 13.5 Å². The molecule has 3 amide bonds. The predicted molar refractivity (Wildman–Crippen MR) is 107 cm³/mol. The van der Waals surface area contributed by atoms with Crippen molar-refractivity contribution >= 4 is 22.3 Å². The van der Waals surface area contributed by atoms with Crippen LogP contribution in [0.3, 0.4) is 0 Å². The fourth-order valence-electron chi connectivity index (χ4n) is 4.78. The highest BCUT2D eigenvalue weighted by molar-refractivity contribution is 7.80. The third-order valence-electron chi connectivity index (χ3n) is 6.51. The summed E-state index contributed by atoms with van der Waals surface area (Å²) in [5, 5.41) is 4.05. The van der Waals surface area contributed by atoms with Crippen LogP contribution in [0.2, 0.25) is 0 Å². The molecule has 0 aromatic heterocycles. The average molecular weight is 463 g/mol. The van der Waals surface area contributed by atoms with Gasteiger partial charge in [-0.05, 0) is 26.3 Å². The van der Waals surface area contributed by atoms with E-state index in [0.29, 0.717) is 30.6 Å². The van der Waals surface area contributed by atoms with Crippen LogP contribution in [0.25, 0.3) is 0 Å². The van der Waals surface area contributed by atoms with Gasteiger partial charge >= 0.3 is 16.4 Å². The van der Waals surface area contributed by atoms with Crippen LogP contribution in [0, 0.1) is 0 Å². The van der Waals surface area contributed by atoms with Gasteiger partial charge in [-0.15, -0.1) is 4.28 Å². The summed E-state index contributed by atoms with van der Waals surface area (Å²) in [5.74, 6) is -0.464. The summed E-state index contributed by atoms with van der Waals surface area (Å²) in [5.41, 5.74) is 2.43. The number of carbonyl (C=O) groups is 2. The third kappa shape index (κ3) is 5.27. The molecule has 0 radical (unpaired) electrons. The standard InChI is InChI=1S/C17H30N6O7S/c1-20-4-6-21(7-5-20)14-8-12(18-9-14)11-29-19-16(24)15-3-2-13-10-22(15)17(25)23(13)30-31(26,27)28/h12-15,18H,2-11H2,1H3,(H,19,24)(H,26,27,28)/t12-,13+,14-,15-/m0/s1. The van der Waals surface area contributed by atoms with Gasteiger partial charge in [0.25, 0.3) is 5.91 Å². The lowest BCUT2D eigenvalue weighted by Gasteiger charge is -2.36. The Morgan fingerprint density at radius 2 is 1.97 bits per heavy atom. The highest BCUT2D eigenvalue weighted by Crippen LogP contribution is 2.30. The zero-order chi connectivity index (χ0) is 22.2. The molecule has 4 fully saturated rings. The van der Waals surface area contributed by atoms with Gasteiger partial charge < -0.3 is 15.1 Å². The molecule has 0 aliphatic carbocycles. The van der Waals surface area contributed by atoms with E-state index >= 15 is 0 Å². The number of hydrogen-bond donors (Lipinski definition) is 3. The Hall–Kier alpha value is -1.55. The van der Waals surface area contributed by atoms with E-state index in [1.54, 1.807) is 0 Å². The third-order valence-corrected chi connectivity index (χ3v) is 6.86. The molecule has 0 aromatic carbocycles. The minimum Gasteiger partial charge on any atom is -0.310 e. The molecule has 176 valence electrons. The van der Waals surface area contributed by atoms with Crippen LogP contribution in [0.15, 0.2) is 0 Å². The number of likely N-dealkylation sites (N-methyl/N-ethyl adjacent to an activating group) is 1. The Labute approximate surface area is 181 Å². The summed E-state index contributed by atoms with van der Waals surface area (Å²) >= 11 is 0. The van der Waals surface area contributed by atoms with Crippen LogP contribution in [0.1, 0.15) is 19.3 Å². The Balaban J connectivity index is 1.21. The highest BCUT2D eigenvalue weighted by Gasteiger charge is 2.49. The van der Waals surface area contributed by atoms with Crippen molar-refractivity contribution in [3.63, 3.8) is 0 Å². The van der Waals surface area contributed by atoms with E-state index in [2.05, 4.69) is 31.9 Å². The Bertz CT molecular complexity index is 790. The van der Waals surface area contributed by atoms with Gasteiger partial charge in [0.05, 0.1) is 12.6 Å². The molecule has 14 heteroatoms. The van der Waals surface area contributed by atoms with E-state index in [1.807, 2.05) is 0 Å². The Kier molecular flexibility index (Phi) is 6.67. The average Bonchev–Trinajstić information content (AvgIpc) is 3.27. The van der Waals surface area contributed by atoms with Crippen LogP contribution in [-0.2, 0) is 24.3 Å². The number of carbonyl (C=O) groups excluding carboxylic acids is 2. The second-order valence-electron chi connectivity index (χ2n) is 8.62. The van der Waals surface area contributed by atoms with Crippen molar-refractivity contribution in [1.82, 2.24) is 30.6 Å². The molecule has 2 bridgehead atoms. The maximum absolute atomic E-state index is 12.5. The van der Waals surface area contributed by atoms with Crippen molar-refractivity contribution in [1.29, 1.82) is 0 Å². The van der Waals surface area contributed by atoms with Crippen molar-refractivity contribution in [2.45, 2.75) is 43.4 Å². The molecule has 4 aliphatic rings. The summed E-state index contributed by atoms with van der Waals surface area (Å²) in [6.07, 6.45) is 1.65. The zero-order valence-electron chi connectivity index (χ0n) is 17.5. The number of piperazine rings is 1. The molecule has 4 atom stereocenters. The number of piperidine rings is 1. The van der Waals surface area contributed by atoms with Crippen LogP contribution in [-0.4, -0.2) is 122 Å². The summed E-state index contributed by atoms with van der Waals surface area (Å²) in [6.45, 7) is 5.59. The normalized spacial score (nSPS) is 32.6. The van der Waals surface area contributed by atoms with Crippen LogP contribution in [0.4, 0.5) is 4.79 Å². The van der Waals surface area contributed by atoms with E-state index < -0.39 is 34.4 Å². The van der Waals surface area contributed by atoms with E-state index in [4.69, 9.17) is 9.39 Å². The first-order valence-electron chi connectivity index (χ1n) is 10.6. The van der Waals surface area contributed by atoms with E-state index in [9.17, 15) is 18.0 Å². The first-order valence-corrected chi connectivity index (χ1v) is 11.9. The van der Waals surface area contributed by atoms with Crippen LogP contribution in [0.5, 0.6) is 0 Å². The van der Waals surface area contributed by atoms with Gasteiger partial charge in [-0.1, -0.05) is 0 Å². The lowest BCUT2D eigenvalue weighted by atomic mass is 10.0. The lowest BCUT2D eigenvalue weighted by molar-refractivity contribution is -0.139. The SMILES string of the molecule is CN1CCN([C@@H]2CN[C@H](CONC(=O)[C@@H]3CC[C@@H]4CN3C(=O)N4OS(=O)(=O)O)C2)CC1. The minimum atomic E-state index is -4.82. The monoisotopic (exact) mass is 462 g/mol. The molecule has 0 unspecified atom stereocenters. The Morgan fingerprint density at radius 3 is 2.68 bits per heavy atom. The number of hydrogen-bond acceptors (Lipinski definition) is 9. The van der Waals surface area contributed by atoms with Gasteiger partial charge in [0.15, 0.2) is 0 Å². The quantitative estimate of drug-likeness (QED) is 0.287. The van der Waals surface area contributed by atoms with Gasteiger partial charge in [-0.3, -0.25) is 19.1 Å². The number of nitrogens with zero attached hydrogens (tertiary/aromatic N) is 4. The van der Waals surface area contributed by atoms with Gasteiger partial charge in [0.1, 0.15) is 6.04 Å². The fraction of sp³-hybridized carbons (Fsp3) is 0.882. The van der Waals surface area contributed by atoms with Gasteiger partial charge in [0, 0.05) is 51.4 Å². The number of urea groups is 1. The summed E-state index contributed by atoms with van der Waals surface area (Å²) < 4.78 is 35.1. The molecule has 3 N–H and O–H groups in total. The number of amides is 3. The summed E-state index contributed by atoms with van der Waals surface area (Å²) in [6, 6.07) is -1.49. The van der Waals surface area contributed by atoms with Crippen molar-refractivity contribution in [3.05, 3.63) is 0 Å². The van der Waals surface area contributed by atoms with Crippen LogP contribution < -0.4 is 10.8 Å². The highest BCUT2D eigenvalue weighted by atomic mass is 32.3. The van der Waals surface area contributed by atoms with E-state index in [0.717, 1.165) is 39.1 Å². The van der Waals surface area contributed by atoms with Crippen LogP contribution >= 0.6 is 0 Å². The molecule has 0 spiro atoms. The molecule has 4 saturated heterocycles. The second kappa shape index (κ2) is 9.13. The second-order valence-corrected chi connectivity index (χ2v) is 9.63. The smallest absolute Gasteiger partial charge is 0.310 e. The minimum absolute atomic E-state index is 0.132. The first-order chi connectivity index (χ1) is 14.7. The van der Waals surface area contributed by atoms with Crippen molar-refractivity contribution < 1.29 is 31.7 Å². The molecule has 13 nitrogen and oxygen atoms in total. The predicted octanol–water partition coefficient (Wildman–Crippen LogP) is -1.98. The number of nitrogens with one attached hydrogen (secondary N) is 2. The topological polar surface area (TPSA) is 144 Å². The molecule has 4 aliphatic heterocycles. The zero-order valence-corrected chi connectivity index (χ0v) is 18.3. The maximum atomic E-state index is 12.5. The molecule has 4 heterocycles. The molecule has 0 saturated carbocycles.